The molecule has 30 heavy (non-hydrogen) atoms. The molecule has 0 N–H and O–H groups in total. The van der Waals surface area contributed by atoms with Crippen LogP contribution in [0.2, 0.25) is 0 Å². The zero-order valence-electron chi connectivity index (χ0n) is 18.5. The van der Waals surface area contributed by atoms with Gasteiger partial charge in [-0.3, -0.25) is 0 Å². The van der Waals surface area contributed by atoms with Crippen molar-refractivity contribution >= 4 is 23.5 Å². The molecule has 0 bridgehead atoms. The first-order valence-corrected chi connectivity index (χ1v) is 12.7. The van der Waals surface area contributed by atoms with Gasteiger partial charge < -0.3 is 28.4 Å². The van der Waals surface area contributed by atoms with Crippen LogP contribution >= 0.6 is 23.5 Å². The van der Waals surface area contributed by atoms with Crippen molar-refractivity contribution in [1.29, 1.82) is 0 Å². The fourth-order valence-electron chi connectivity index (χ4n) is 2.28. The molecule has 0 radical (unpaired) electrons. The third-order valence-corrected chi connectivity index (χ3v) is 5.90. The minimum atomic E-state index is 0.627. The summed E-state index contributed by atoms with van der Waals surface area (Å²) in [5, 5.41) is 0. The largest absolute Gasteiger partial charge is 0.382 e. The number of methoxy groups -OCH3 is 2. The number of hydrogen-bond acceptors (Lipinski definition) is 8. The Balaban J connectivity index is 1.92. The summed E-state index contributed by atoms with van der Waals surface area (Å²) in [6.45, 7) is 6.58. The fraction of sp³-hybridized carbons (Fsp3) is 0.727. The predicted octanol–water partition coefficient (Wildman–Crippen LogP) is 3.51. The Labute approximate surface area is 190 Å². The van der Waals surface area contributed by atoms with Crippen LogP contribution in [0.3, 0.4) is 0 Å². The quantitative estimate of drug-likeness (QED) is 0.243. The lowest BCUT2D eigenvalue weighted by Crippen LogP contribution is -2.09. The zero-order valence-corrected chi connectivity index (χ0v) is 20.1. The number of rotatable bonds is 22. The molecule has 0 heterocycles. The second-order valence-corrected chi connectivity index (χ2v) is 8.57. The molecular formula is C22H38O6S2. The topological polar surface area (TPSA) is 55.4 Å². The van der Waals surface area contributed by atoms with Gasteiger partial charge in [-0.1, -0.05) is 24.3 Å². The molecule has 0 fully saturated rings. The average Bonchev–Trinajstić information content (AvgIpc) is 2.77. The first-order valence-electron chi connectivity index (χ1n) is 10.4. The van der Waals surface area contributed by atoms with Gasteiger partial charge >= 0.3 is 0 Å². The van der Waals surface area contributed by atoms with Crippen LogP contribution in [0, 0.1) is 0 Å². The smallest absolute Gasteiger partial charge is 0.0701 e. The van der Waals surface area contributed by atoms with Crippen LogP contribution < -0.4 is 0 Å². The van der Waals surface area contributed by atoms with Crippen LogP contribution in [-0.4, -0.2) is 91.8 Å². The van der Waals surface area contributed by atoms with Crippen molar-refractivity contribution in [3.63, 3.8) is 0 Å². The molecule has 0 atom stereocenters. The number of benzene rings is 1. The van der Waals surface area contributed by atoms with Gasteiger partial charge in [0.25, 0.3) is 0 Å². The van der Waals surface area contributed by atoms with Crippen LogP contribution in [0.5, 0.6) is 0 Å². The molecule has 6 nitrogen and oxygen atoms in total. The van der Waals surface area contributed by atoms with E-state index in [1.165, 1.54) is 11.1 Å². The lowest BCUT2D eigenvalue weighted by Gasteiger charge is -2.07. The lowest BCUT2D eigenvalue weighted by molar-refractivity contribution is 0.0286. The van der Waals surface area contributed by atoms with E-state index in [0.717, 1.165) is 36.2 Å². The van der Waals surface area contributed by atoms with Crippen molar-refractivity contribution in [1.82, 2.24) is 0 Å². The van der Waals surface area contributed by atoms with Crippen molar-refractivity contribution in [2.24, 2.45) is 0 Å². The van der Waals surface area contributed by atoms with Gasteiger partial charge in [0.2, 0.25) is 0 Å². The number of thioether (sulfide) groups is 2. The van der Waals surface area contributed by atoms with E-state index in [4.69, 9.17) is 28.4 Å². The van der Waals surface area contributed by atoms with Gasteiger partial charge in [0.1, 0.15) is 0 Å². The Morgan fingerprint density at radius 2 is 0.833 bits per heavy atom. The van der Waals surface area contributed by atoms with E-state index in [1.807, 2.05) is 23.5 Å². The van der Waals surface area contributed by atoms with Crippen LogP contribution in [0.15, 0.2) is 24.3 Å². The highest BCUT2D eigenvalue weighted by Crippen LogP contribution is 2.16. The number of hydrogen-bond donors (Lipinski definition) is 0. The maximum atomic E-state index is 5.56. The van der Waals surface area contributed by atoms with Crippen LogP contribution in [-0.2, 0) is 39.9 Å². The van der Waals surface area contributed by atoms with Gasteiger partial charge in [-0.25, -0.2) is 0 Å². The molecule has 0 saturated carbocycles. The minimum Gasteiger partial charge on any atom is -0.382 e. The Kier molecular flexibility index (Phi) is 20.2. The minimum absolute atomic E-state index is 0.627. The molecule has 0 unspecified atom stereocenters. The van der Waals surface area contributed by atoms with Gasteiger partial charge in [-0.2, -0.15) is 23.5 Å². The summed E-state index contributed by atoms with van der Waals surface area (Å²) in [5.74, 6) is 4.02. The van der Waals surface area contributed by atoms with E-state index < -0.39 is 0 Å². The first kappa shape index (κ1) is 27.7. The summed E-state index contributed by atoms with van der Waals surface area (Å²) in [4.78, 5) is 0. The molecule has 1 aromatic carbocycles. The van der Waals surface area contributed by atoms with Crippen LogP contribution in [0.25, 0.3) is 0 Å². The first-order chi connectivity index (χ1) is 14.9. The van der Waals surface area contributed by atoms with Crippen molar-refractivity contribution in [3.05, 3.63) is 35.4 Å². The third kappa shape index (κ3) is 17.4. The Bertz CT molecular complexity index is 432. The second-order valence-electron chi connectivity index (χ2n) is 6.36. The van der Waals surface area contributed by atoms with Crippen molar-refractivity contribution < 1.29 is 28.4 Å². The summed E-state index contributed by atoms with van der Waals surface area (Å²) < 4.78 is 31.7. The SMILES string of the molecule is COCCOCCOCCSCc1ccc(CSCCOCCOCCOC)cc1. The van der Waals surface area contributed by atoms with Gasteiger partial charge in [0, 0.05) is 37.2 Å². The van der Waals surface area contributed by atoms with Gasteiger partial charge in [0.15, 0.2) is 0 Å². The molecule has 0 aliphatic rings. The molecule has 0 spiro atoms. The summed E-state index contributed by atoms with van der Waals surface area (Å²) in [5.41, 5.74) is 2.71. The van der Waals surface area contributed by atoms with E-state index in [0.29, 0.717) is 52.9 Å². The van der Waals surface area contributed by atoms with Crippen molar-refractivity contribution in [3.8, 4) is 0 Å². The standard InChI is InChI=1S/C22H38O6S2/c1-23-7-9-25-11-13-27-15-17-29-19-21-3-5-22(6-4-21)20-30-18-16-28-14-12-26-10-8-24-2/h3-6H,7-20H2,1-2H3. The van der Waals surface area contributed by atoms with Crippen LogP contribution in [0.4, 0.5) is 0 Å². The molecular weight excluding hydrogens is 424 g/mol. The second kappa shape index (κ2) is 21.9. The average molecular weight is 463 g/mol. The van der Waals surface area contributed by atoms with Crippen molar-refractivity contribution in [2.45, 2.75) is 11.5 Å². The maximum Gasteiger partial charge on any atom is 0.0701 e. The monoisotopic (exact) mass is 462 g/mol. The fourth-order valence-corrected chi connectivity index (χ4v) is 3.89. The molecule has 8 heteroatoms. The molecule has 0 saturated heterocycles. The highest BCUT2D eigenvalue weighted by atomic mass is 32.2. The highest BCUT2D eigenvalue weighted by molar-refractivity contribution is 7.98. The normalized spacial score (nSPS) is 11.3. The lowest BCUT2D eigenvalue weighted by atomic mass is 10.2. The molecule has 0 amide bonds. The van der Waals surface area contributed by atoms with E-state index in [9.17, 15) is 0 Å². The van der Waals surface area contributed by atoms with Crippen molar-refractivity contribution in [2.75, 3.05) is 91.8 Å². The van der Waals surface area contributed by atoms with Gasteiger partial charge in [-0.15, -0.1) is 0 Å². The van der Waals surface area contributed by atoms with Crippen LogP contribution in [0.1, 0.15) is 11.1 Å². The molecule has 0 aliphatic carbocycles. The Morgan fingerprint density at radius 1 is 0.500 bits per heavy atom. The van der Waals surface area contributed by atoms with E-state index in [-0.39, 0.29) is 0 Å². The summed E-state index contributed by atoms with van der Waals surface area (Å²) in [6.07, 6.45) is 0. The Hall–Kier alpha value is -0.320. The highest BCUT2D eigenvalue weighted by Gasteiger charge is 1.98. The maximum absolute atomic E-state index is 5.56. The molecule has 1 rings (SSSR count). The summed E-state index contributed by atoms with van der Waals surface area (Å²) >= 11 is 3.79. The molecule has 0 aliphatic heterocycles. The van der Waals surface area contributed by atoms with Gasteiger partial charge in [0.05, 0.1) is 66.1 Å². The van der Waals surface area contributed by atoms with E-state index in [1.54, 1.807) is 14.2 Å². The molecule has 1 aromatic rings. The zero-order chi connectivity index (χ0) is 21.5. The predicted molar refractivity (Wildman–Crippen MR) is 126 cm³/mol. The van der Waals surface area contributed by atoms with E-state index in [2.05, 4.69) is 24.3 Å². The summed E-state index contributed by atoms with van der Waals surface area (Å²) in [6, 6.07) is 8.89. The molecule has 174 valence electrons. The Morgan fingerprint density at radius 3 is 1.20 bits per heavy atom. The summed E-state index contributed by atoms with van der Waals surface area (Å²) in [7, 11) is 3.34. The number of ether oxygens (including phenoxy) is 6. The van der Waals surface area contributed by atoms with Gasteiger partial charge in [-0.05, 0) is 11.1 Å². The molecule has 0 aromatic heterocycles. The van der Waals surface area contributed by atoms with E-state index >= 15 is 0 Å². The third-order valence-electron chi connectivity index (χ3n) is 3.91.